The number of carbonyl (C=O) groups is 3. The number of aryl methyl sites for hydroxylation is 1. The second-order valence-corrected chi connectivity index (χ2v) is 4.32. The smallest absolute Gasteiger partial charge is 0.325 e. The number of rotatable bonds is 3. The summed E-state index contributed by atoms with van der Waals surface area (Å²) in [5, 5.41) is 2.50. The second kappa shape index (κ2) is 3.86. The average molecular weight is 251 g/mol. The Labute approximate surface area is 103 Å². The molecule has 2 heterocycles. The number of primary amides is 1. The van der Waals surface area contributed by atoms with Gasteiger partial charge in [-0.2, -0.15) is 0 Å². The van der Waals surface area contributed by atoms with Gasteiger partial charge in [-0.05, 0) is 26.0 Å². The fraction of sp³-hybridized carbons (Fsp3) is 0.364. The van der Waals surface area contributed by atoms with Gasteiger partial charge < -0.3 is 15.5 Å². The minimum Gasteiger partial charge on any atom is -0.463 e. The number of hydrogen-bond donors (Lipinski definition) is 2. The summed E-state index contributed by atoms with van der Waals surface area (Å²) >= 11 is 0. The first kappa shape index (κ1) is 12.2. The molecule has 1 aromatic heterocycles. The van der Waals surface area contributed by atoms with Gasteiger partial charge in [-0.1, -0.05) is 0 Å². The molecule has 7 nitrogen and oxygen atoms in total. The third-order valence-corrected chi connectivity index (χ3v) is 2.82. The van der Waals surface area contributed by atoms with Crippen LogP contribution in [0.15, 0.2) is 16.5 Å². The molecular weight excluding hydrogens is 238 g/mol. The summed E-state index contributed by atoms with van der Waals surface area (Å²) in [4.78, 5) is 35.4. The summed E-state index contributed by atoms with van der Waals surface area (Å²) < 4.78 is 5.36. The maximum atomic E-state index is 12.2. The van der Waals surface area contributed by atoms with E-state index in [2.05, 4.69) is 5.32 Å². The number of nitrogens with one attached hydrogen (secondary N) is 1. The largest absolute Gasteiger partial charge is 0.463 e. The maximum Gasteiger partial charge on any atom is 0.325 e. The van der Waals surface area contributed by atoms with E-state index in [1.807, 2.05) is 0 Å². The Bertz CT molecular complexity index is 536. The van der Waals surface area contributed by atoms with Crippen LogP contribution >= 0.6 is 0 Å². The first-order valence-corrected chi connectivity index (χ1v) is 5.34. The molecule has 1 aliphatic heterocycles. The Morgan fingerprint density at radius 2 is 2.17 bits per heavy atom. The van der Waals surface area contributed by atoms with Gasteiger partial charge in [-0.15, -0.1) is 0 Å². The summed E-state index contributed by atoms with van der Waals surface area (Å²) in [6, 6.07) is 2.65. The summed E-state index contributed by atoms with van der Waals surface area (Å²) in [6.07, 6.45) is 0. The SMILES string of the molecule is Cc1ccc(C2(C)NC(=O)N(CC(N)=O)C2=O)o1. The molecule has 3 N–H and O–H groups in total. The van der Waals surface area contributed by atoms with Gasteiger partial charge in [0.1, 0.15) is 18.1 Å². The second-order valence-electron chi connectivity index (χ2n) is 4.32. The van der Waals surface area contributed by atoms with Crippen molar-refractivity contribution in [1.29, 1.82) is 0 Å². The Kier molecular flexibility index (Phi) is 2.61. The molecule has 0 saturated carbocycles. The third-order valence-electron chi connectivity index (χ3n) is 2.82. The highest BCUT2D eigenvalue weighted by Crippen LogP contribution is 2.29. The molecule has 0 aliphatic carbocycles. The van der Waals surface area contributed by atoms with E-state index in [1.165, 1.54) is 6.92 Å². The summed E-state index contributed by atoms with van der Waals surface area (Å²) in [5.41, 5.74) is 3.70. The molecule has 0 bridgehead atoms. The molecule has 1 unspecified atom stereocenters. The molecule has 1 aromatic rings. The summed E-state index contributed by atoms with van der Waals surface area (Å²) in [7, 11) is 0. The summed E-state index contributed by atoms with van der Waals surface area (Å²) in [5.74, 6) is -0.356. The molecule has 7 heteroatoms. The average Bonchev–Trinajstić information content (AvgIpc) is 2.78. The fourth-order valence-electron chi connectivity index (χ4n) is 1.87. The molecule has 1 saturated heterocycles. The zero-order valence-corrected chi connectivity index (χ0v) is 10.0. The van der Waals surface area contributed by atoms with E-state index < -0.39 is 29.9 Å². The van der Waals surface area contributed by atoms with Crippen molar-refractivity contribution in [2.45, 2.75) is 19.4 Å². The van der Waals surface area contributed by atoms with Crippen LogP contribution in [0.25, 0.3) is 0 Å². The Hall–Kier alpha value is -2.31. The molecule has 0 radical (unpaired) electrons. The number of imide groups is 1. The standard InChI is InChI=1S/C11H13N3O4/c1-6-3-4-7(18-6)11(2)9(16)14(5-8(12)15)10(17)13-11/h3-4H,5H2,1-2H3,(H2,12,15)(H,13,17). The molecule has 18 heavy (non-hydrogen) atoms. The first-order valence-electron chi connectivity index (χ1n) is 5.34. The first-order chi connectivity index (χ1) is 8.34. The summed E-state index contributed by atoms with van der Waals surface area (Å²) in [6.45, 7) is 2.81. The van der Waals surface area contributed by atoms with Gasteiger partial charge in [0.15, 0.2) is 5.54 Å². The molecule has 4 amide bonds. The quantitative estimate of drug-likeness (QED) is 0.728. The maximum absolute atomic E-state index is 12.2. The van der Waals surface area contributed by atoms with Crippen LogP contribution in [0.5, 0.6) is 0 Å². The minimum absolute atomic E-state index is 0.324. The lowest BCUT2D eigenvalue weighted by Crippen LogP contribution is -2.42. The number of carbonyl (C=O) groups excluding carboxylic acids is 3. The van der Waals surface area contributed by atoms with E-state index in [0.717, 1.165) is 4.90 Å². The molecular formula is C11H13N3O4. The van der Waals surface area contributed by atoms with Crippen molar-refractivity contribution in [1.82, 2.24) is 10.2 Å². The number of furan rings is 1. The zero-order chi connectivity index (χ0) is 13.5. The van der Waals surface area contributed by atoms with Crippen LogP contribution in [0.4, 0.5) is 4.79 Å². The van der Waals surface area contributed by atoms with Gasteiger partial charge in [0.25, 0.3) is 5.91 Å². The van der Waals surface area contributed by atoms with Gasteiger partial charge in [-0.3, -0.25) is 14.5 Å². The van der Waals surface area contributed by atoms with Crippen molar-refractivity contribution < 1.29 is 18.8 Å². The molecule has 96 valence electrons. The van der Waals surface area contributed by atoms with Crippen LogP contribution < -0.4 is 11.1 Å². The van der Waals surface area contributed by atoms with Crippen molar-refractivity contribution in [2.75, 3.05) is 6.54 Å². The number of urea groups is 1. The van der Waals surface area contributed by atoms with Crippen LogP contribution in [0, 0.1) is 6.92 Å². The van der Waals surface area contributed by atoms with Gasteiger partial charge in [0.05, 0.1) is 0 Å². The van der Waals surface area contributed by atoms with Crippen molar-refractivity contribution in [3.8, 4) is 0 Å². The van der Waals surface area contributed by atoms with Crippen LogP contribution in [-0.4, -0.2) is 29.3 Å². The van der Waals surface area contributed by atoms with Crippen LogP contribution in [-0.2, 0) is 15.1 Å². The van der Waals surface area contributed by atoms with E-state index in [4.69, 9.17) is 10.2 Å². The van der Waals surface area contributed by atoms with Crippen molar-refractivity contribution in [2.24, 2.45) is 5.73 Å². The zero-order valence-electron chi connectivity index (χ0n) is 10.0. The lowest BCUT2D eigenvalue weighted by molar-refractivity contribution is -0.134. The lowest BCUT2D eigenvalue weighted by atomic mass is 9.99. The highest BCUT2D eigenvalue weighted by atomic mass is 16.3. The predicted molar refractivity (Wildman–Crippen MR) is 60.2 cm³/mol. The van der Waals surface area contributed by atoms with Gasteiger partial charge in [0, 0.05) is 0 Å². The third kappa shape index (κ3) is 1.73. The molecule has 0 aromatic carbocycles. The van der Waals surface area contributed by atoms with Gasteiger partial charge in [0.2, 0.25) is 5.91 Å². The number of hydrogen-bond acceptors (Lipinski definition) is 4. The molecule has 0 spiro atoms. The van der Waals surface area contributed by atoms with Crippen LogP contribution in [0.3, 0.4) is 0 Å². The van der Waals surface area contributed by atoms with Crippen LogP contribution in [0.2, 0.25) is 0 Å². The lowest BCUT2D eigenvalue weighted by Gasteiger charge is -2.18. The van der Waals surface area contributed by atoms with E-state index >= 15 is 0 Å². The van der Waals surface area contributed by atoms with E-state index in [0.29, 0.717) is 11.5 Å². The fourth-order valence-corrected chi connectivity index (χ4v) is 1.87. The highest BCUT2D eigenvalue weighted by Gasteiger charge is 2.51. The van der Waals surface area contributed by atoms with E-state index in [-0.39, 0.29) is 0 Å². The Morgan fingerprint density at radius 1 is 1.50 bits per heavy atom. The van der Waals surface area contributed by atoms with Crippen molar-refractivity contribution in [3.05, 3.63) is 23.7 Å². The monoisotopic (exact) mass is 251 g/mol. The number of amides is 4. The van der Waals surface area contributed by atoms with E-state index in [1.54, 1.807) is 19.1 Å². The molecule has 2 rings (SSSR count). The van der Waals surface area contributed by atoms with Crippen molar-refractivity contribution >= 4 is 17.8 Å². The van der Waals surface area contributed by atoms with Crippen LogP contribution in [0.1, 0.15) is 18.4 Å². The normalized spacial score (nSPS) is 23.3. The number of nitrogens with zero attached hydrogens (tertiary/aromatic N) is 1. The van der Waals surface area contributed by atoms with E-state index in [9.17, 15) is 14.4 Å². The van der Waals surface area contributed by atoms with Crippen molar-refractivity contribution in [3.63, 3.8) is 0 Å². The topological polar surface area (TPSA) is 106 Å². The predicted octanol–water partition coefficient (Wildman–Crippen LogP) is -0.160. The Balaban J connectivity index is 2.34. The highest BCUT2D eigenvalue weighted by molar-refractivity contribution is 6.08. The minimum atomic E-state index is -1.29. The molecule has 1 fully saturated rings. The molecule has 1 atom stereocenters. The Morgan fingerprint density at radius 3 is 2.67 bits per heavy atom. The number of nitrogens with two attached hydrogens (primary N) is 1. The molecule has 1 aliphatic rings. The van der Waals surface area contributed by atoms with Gasteiger partial charge in [-0.25, -0.2) is 4.79 Å². The van der Waals surface area contributed by atoms with Gasteiger partial charge >= 0.3 is 6.03 Å².